The molecule has 20 heavy (non-hydrogen) atoms. The number of methoxy groups -OCH3 is 1. The molecular formula is C14H16Cl2O4. The first-order valence-corrected chi connectivity index (χ1v) is 6.97. The van der Waals surface area contributed by atoms with Crippen LogP contribution in [0.25, 0.3) is 0 Å². The van der Waals surface area contributed by atoms with Gasteiger partial charge in [0.15, 0.2) is 11.5 Å². The number of hydrogen-bond donors (Lipinski definition) is 0. The third-order valence-electron chi connectivity index (χ3n) is 2.62. The lowest BCUT2D eigenvalue weighted by Gasteiger charge is -2.10. The number of ether oxygens (including phenoxy) is 2. The van der Waals surface area contributed by atoms with Crippen molar-refractivity contribution in [3.05, 3.63) is 27.7 Å². The van der Waals surface area contributed by atoms with E-state index in [9.17, 15) is 9.59 Å². The van der Waals surface area contributed by atoms with Gasteiger partial charge in [0.1, 0.15) is 0 Å². The monoisotopic (exact) mass is 318 g/mol. The number of benzene rings is 1. The summed E-state index contributed by atoms with van der Waals surface area (Å²) in [5.74, 6) is -0.0803. The van der Waals surface area contributed by atoms with E-state index in [2.05, 4.69) is 4.74 Å². The Hall–Kier alpha value is -1.26. The van der Waals surface area contributed by atoms with Crippen LogP contribution in [0.4, 0.5) is 0 Å². The normalized spacial score (nSPS) is 10.2. The summed E-state index contributed by atoms with van der Waals surface area (Å²) in [6.45, 7) is 2.25. The summed E-state index contributed by atoms with van der Waals surface area (Å²) in [5, 5.41) is 0.603. The van der Waals surface area contributed by atoms with E-state index in [1.54, 1.807) is 0 Å². The first kappa shape index (κ1) is 16.8. The summed E-state index contributed by atoms with van der Waals surface area (Å²) in [6, 6.07) is 3.05. The Labute approximate surface area is 128 Å². The molecule has 0 aromatic heterocycles. The summed E-state index contributed by atoms with van der Waals surface area (Å²) < 4.78 is 9.80. The number of rotatable bonds is 7. The van der Waals surface area contributed by atoms with Gasteiger partial charge in [-0.05, 0) is 25.5 Å². The Kier molecular flexibility index (Phi) is 6.82. The first-order valence-electron chi connectivity index (χ1n) is 6.21. The molecule has 0 heterocycles. The van der Waals surface area contributed by atoms with Crippen molar-refractivity contribution in [1.82, 2.24) is 0 Å². The fraction of sp³-hybridized carbons (Fsp3) is 0.429. The van der Waals surface area contributed by atoms with E-state index in [1.807, 2.05) is 6.92 Å². The van der Waals surface area contributed by atoms with Crippen LogP contribution in [-0.2, 0) is 9.53 Å². The Morgan fingerprint density at radius 2 is 1.75 bits per heavy atom. The highest BCUT2D eigenvalue weighted by atomic mass is 35.5. The zero-order chi connectivity index (χ0) is 15.1. The van der Waals surface area contributed by atoms with Crippen LogP contribution in [0.2, 0.25) is 10.0 Å². The average molecular weight is 319 g/mol. The highest BCUT2D eigenvalue weighted by molar-refractivity contribution is 6.37. The molecule has 0 saturated heterocycles. The van der Waals surface area contributed by atoms with Crippen molar-refractivity contribution >= 4 is 35.0 Å². The van der Waals surface area contributed by atoms with Crippen LogP contribution >= 0.6 is 23.2 Å². The zero-order valence-electron chi connectivity index (χ0n) is 11.4. The van der Waals surface area contributed by atoms with Gasteiger partial charge in [0.05, 0.1) is 23.8 Å². The topological polar surface area (TPSA) is 52.6 Å². The summed E-state index contributed by atoms with van der Waals surface area (Å²) in [7, 11) is 1.32. The maximum absolute atomic E-state index is 12.0. The van der Waals surface area contributed by atoms with Gasteiger partial charge in [-0.25, -0.2) is 0 Å². The number of carbonyl (C=O) groups is 2. The maximum atomic E-state index is 12.0. The van der Waals surface area contributed by atoms with Gasteiger partial charge < -0.3 is 9.47 Å². The highest BCUT2D eigenvalue weighted by Gasteiger charge is 2.14. The van der Waals surface area contributed by atoms with Gasteiger partial charge in [-0.3, -0.25) is 9.59 Å². The van der Waals surface area contributed by atoms with Crippen molar-refractivity contribution in [3.8, 4) is 5.75 Å². The van der Waals surface area contributed by atoms with Gasteiger partial charge in [0, 0.05) is 18.4 Å². The standard InChI is InChI=1S/C14H16Cl2O4/c1-3-20-14-10(15)7-9(8-11(14)16)12(17)5-4-6-13(18)19-2/h7-8H,3-6H2,1-2H3. The minimum Gasteiger partial charge on any atom is -0.491 e. The smallest absolute Gasteiger partial charge is 0.305 e. The number of halogens is 2. The summed E-state index contributed by atoms with van der Waals surface area (Å²) in [4.78, 5) is 22.9. The zero-order valence-corrected chi connectivity index (χ0v) is 12.9. The van der Waals surface area contributed by atoms with Crippen LogP contribution in [0, 0.1) is 0 Å². The molecule has 4 nitrogen and oxygen atoms in total. The lowest BCUT2D eigenvalue weighted by Crippen LogP contribution is -2.04. The molecule has 0 bridgehead atoms. The van der Waals surface area contributed by atoms with E-state index in [0.717, 1.165) is 0 Å². The van der Waals surface area contributed by atoms with Gasteiger partial charge >= 0.3 is 5.97 Å². The molecule has 6 heteroatoms. The predicted octanol–water partition coefficient (Wildman–Crippen LogP) is 3.92. The molecule has 0 spiro atoms. The van der Waals surface area contributed by atoms with Crippen molar-refractivity contribution < 1.29 is 19.1 Å². The molecule has 0 unspecified atom stereocenters. The third-order valence-corrected chi connectivity index (χ3v) is 3.18. The fourth-order valence-electron chi connectivity index (χ4n) is 1.64. The molecule has 0 aliphatic carbocycles. The van der Waals surface area contributed by atoms with Gasteiger partial charge in [0.2, 0.25) is 0 Å². The minimum absolute atomic E-state index is 0.124. The molecule has 110 valence electrons. The van der Waals surface area contributed by atoms with E-state index in [4.69, 9.17) is 27.9 Å². The van der Waals surface area contributed by atoms with E-state index in [-0.39, 0.29) is 24.6 Å². The summed E-state index contributed by atoms with van der Waals surface area (Å²) in [6.07, 6.45) is 0.866. The molecular weight excluding hydrogens is 303 g/mol. The second-order valence-electron chi connectivity index (χ2n) is 4.05. The van der Waals surface area contributed by atoms with E-state index < -0.39 is 0 Å². The van der Waals surface area contributed by atoms with Crippen molar-refractivity contribution in [2.75, 3.05) is 13.7 Å². The van der Waals surface area contributed by atoms with Crippen LogP contribution < -0.4 is 4.74 Å². The number of carbonyl (C=O) groups excluding carboxylic acids is 2. The number of esters is 1. The molecule has 0 N–H and O–H groups in total. The lowest BCUT2D eigenvalue weighted by atomic mass is 10.1. The van der Waals surface area contributed by atoms with Crippen LogP contribution in [0.5, 0.6) is 5.75 Å². The van der Waals surface area contributed by atoms with Crippen molar-refractivity contribution in [2.24, 2.45) is 0 Å². The van der Waals surface area contributed by atoms with E-state index >= 15 is 0 Å². The molecule has 1 rings (SSSR count). The number of Topliss-reactive ketones (excluding diaryl/α,β-unsaturated/α-hetero) is 1. The van der Waals surface area contributed by atoms with Crippen LogP contribution in [0.15, 0.2) is 12.1 Å². The van der Waals surface area contributed by atoms with Gasteiger partial charge in [-0.15, -0.1) is 0 Å². The first-order chi connectivity index (χ1) is 9.49. The highest BCUT2D eigenvalue weighted by Crippen LogP contribution is 2.34. The molecule has 0 atom stereocenters. The van der Waals surface area contributed by atoms with Crippen LogP contribution in [0.1, 0.15) is 36.5 Å². The van der Waals surface area contributed by atoms with Crippen molar-refractivity contribution in [3.63, 3.8) is 0 Å². The lowest BCUT2D eigenvalue weighted by molar-refractivity contribution is -0.140. The molecule has 1 aromatic rings. The fourth-order valence-corrected chi connectivity index (χ4v) is 2.24. The molecule has 0 aliphatic heterocycles. The van der Waals surface area contributed by atoms with Crippen LogP contribution in [-0.4, -0.2) is 25.5 Å². The number of hydrogen-bond acceptors (Lipinski definition) is 4. The third kappa shape index (κ3) is 4.69. The quantitative estimate of drug-likeness (QED) is 0.565. The SMILES string of the molecule is CCOc1c(Cl)cc(C(=O)CCCC(=O)OC)cc1Cl. The van der Waals surface area contributed by atoms with E-state index in [1.165, 1.54) is 19.2 Å². The summed E-state index contributed by atoms with van der Waals surface area (Å²) >= 11 is 12.1. The van der Waals surface area contributed by atoms with Crippen molar-refractivity contribution in [1.29, 1.82) is 0 Å². The Morgan fingerprint density at radius 1 is 1.15 bits per heavy atom. The largest absolute Gasteiger partial charge is 0.491 e. The Balaban J connectivity index is 2.72. The second-order valence-corrected chi connectivity index (χ2v) is 4.87. The molecule has 0 saturated carbocycles. The van der Waals surface area contributed by atoms with Crippen LogP contribution in [0.3, 0.4) is 0 Å². The minimum atomic E-state index is -0.333. The van der Waals surface area contributed by atoms with Gasteiger partial charge in [0.25, 0.3) is 0 Å². The van der Waals surface area contributed by atoms with Crippen molar-refractivity contribution in [2.45, 2.75) is 26.2 Å². The molecule has 0 radical (unpaired) electrons. The average Bonchev–Trinajstić information content (AvgIpc) is 2.42. The molecule has 0 amide bonds. The Morgan fingerprint density at radius 3 is 2.25 bits per heavy atom. The number of ketones is 1. The van der Waals surface area contributed by atoms with E-state index in [0.29, 0.717) is 34.4 Å². The Bertz CT molecular complexity index is 477. The molecule has 0 aliphatic rings. The molecule has 0 fully saturated rings. The van der Waals surface area contributed by atoms with Gasteiger partial charge in [-0.1, -0.05) is 23.2 Å². The predicted molar refractivity (Wildman–Crippen MR) is 77.8 cm³/mol. The maximum Gasteiger partial charge on any atom is 0.305 e. The van der Waals surface area contributed by atoms with Gasteiger partial charge in [-0.2, -0.15) is 0 Å². The molecule has 1 aromatic carbocycles. The summed E-state index contributed by atoms with van der Waals surface area (Å²) in [5.41, 5.74) is 0.410. The second kappa shape index (κ2) is 8.12.